The van der Waals surface area contributed by atoms with Crippen LogP contribution in [-0.4, -0.2) is 31.9 Å². The van der Waals surface area contributed by atoms with Gasteiger partial charge in [-0.15, -0.1) is 0 Å². The van der Waals surface area contributed by atoms with E-state index in [1.165, 1.54) is 13.0 Å². The number of amides is 1. The van der Waals surface area contributed by atoms with Crippen LogP contribution in [0.2, 0.25) is 0 Å². The molecule has 1 aromatic rings. The topological polar surface area (TPSA) is 98.8 Å². The van der Waals surface area contributed by atoms with Crippen molar-refractivity contribution in [2.75, 3.05) is 5.32 Å². The Morgan fingerprint density at radius 1 is 1.20 bits per heavy atom. The van der Waals surface area contributed by atoms with Crippen molar-refractivity contribution in [3.8, 4) is 5.75 Å². The van der Waals surface area contributed by atoms with Gasteiger partial charge in [0.2, 0.25) is 0 Å². The molecule has 0 aliphatic carbocycles. The maximum atomic E-state index is 12.5. The van der Waals surface area contributed by atoms with Crippen LogP contribution in [0.3, 0.4) is 0 Å². The molecule has 0 saturated heterocycles. The van der Waals surface area contributed by atoms with Gasteiger partial charge in [-0.25, -0.2) is 4.79 Å². The SMILES string of the molecule is Cc1c(NC(=O)OC(C)(C)C)ccc(C=O)c1OS(=O)(=O)C(F)(F)F. The van der Waals surface area contributed by atoms with E-state index in [4.69, 9.17) is 4.74 Å². The summed E-state index contributed by atoms with van der Waals surface area (Å²) in [6, 6.07) is 2.21. The summed E-state index contributed by atoms with van der Waals surface area (Å²) in [5.41, 5.74) is -7.20. The lowest BCUT2D eigenvalue weighted by molar-refractivity contribution is -0.0500. The van der Waals surface area contributed by atoms with Gasteiger partial charge in [0, 0.05) is 5.56 Å². The summed E-state index contributed by atoms with van der Waals surface area (Å²) in [5, 5.41) is 2.25. The van der Waals surface area contributed by atoms with E-state index >= 15 is 0 Å². The molecule has 1 N–H and O–H groups in total. The Bertz CT molecular complexity index is 781. The molecule has 0 heterocycles. The number of anilines is 1. The molecule has 1 amide bonds. The molecule has 0 aromatic heterocycles. The summed E-state index contributed by atoms with van der Waals surface area (Å²) < 4.78 is 68.9. The summed E-state index contributed by atoms with van der Waals surface area (Å²) in [5.74, 6) is -0.833. The minimum Gasteiger partial charge on any atom is -0.444 e. The first-order chi connectivity index (χ1) is 11.2. The molecule has 11 heteroatoms. The van der Waals surface area contributed by atoms with Gasteiger partial charge in [-0.05, 0) is 39.8 Å². The van der Waals surface area contributed by atoms with Crippen LogP contribution in [0.15, 0.2) is 12.1 Å². The Morgan fingerprint density at radius 3 is 2.20 bits per heavy atom. The minimum absolute atomic E-state index is 0.0766. The molecule has 0 saturated carbocycles. The highest BCUT2D eigenvalue weighted by Crippen LogP contribution is 2.34. The molecule has 25 heavy (non-hydrogen) atoms. The van der Waals surface area contributed by atoms with Crippen LogP contribution in [0, 0.1) is 6.92 Å². The summed E-state index contributed by atoms with van der Waals surface area (Å²) >= 11 is 0. The average molecular weight is 383 g/mol. The predicted octanol–water partition coefficient (Wildman–Crippen LogP) is 3.38. The molecular weight excluding hydrogens is 367 g/mol. The number of nitrogens with one attached hydrogen (secondary N) is 1. The smallest absolute Gasteiger partial charge is 0.444 e. The molecule has 0 fully saturated rings. The summed E-state index contributed by atoms with van der Waals surface area (Å²) in [6.07, 6.45) is -0.787. The molecule has 0 aliphatic rings. The molecule has 7 nitrogen and oxygen atoms in total. The van der Waals surface area contributed by atoms with Gasteiger partial charge in [0.05, 0.1) is 11.3 Å². The fourth-order valence-electron chi connectivity index (χ4n) is 1.62. The highest BCUT2D eigenvalue weighted by atomic mass is 32.2. The van der Waals surface area contributed by atoms with Crippen molar-refractivity contribution >= 4 is 28.2 Å². The van der Waals surface area contributed by atoms with Gasteiger partial charge in [0.1, 0.15) is 5.60 Å². The average Bonchev–Trinajstić information content (AvgIpc) is 2.40. The third kappa shape index (κ3) is 5.34. The van der Waals surface area contributed by atoms with E-state index in [0.29, 0.717) is 0 Å². The van der Waals surface area contributed by atoms with E-state index in [1.54, 1.807) is 20.8 Å². The fraction of sp³-hybridized carbons (Fsp3) is 0.429. The van der Waals surface area contributed by atoms with E-state index in [2.05, 4.69) is 9.50 Å². The van der Waals surface area contributed by atoms with Crippen molar-refractivity contribution in [3.63, 3.8) is 0 Å². The Balaban J connectivity index is 3.26. The van der Waals surface area contributed by atoms with Crippen LogP contribution in [0.25, 0.3) is 0 Å². The maximum Gasteiger partial charge on any atom is 0.534 e. The molecule has 1 rings (SSSR count). The standard InChI is InChI=1S/C14H16F3NO6S/c1-8-10(18-12(20)23-13(2,3)4)6-5-9(7-19)11(8)24-25(21,22)14(15,16)17/h5-7H,1-4H3,(H,18,20). The van der Waals surface area contributed by atoms with Gasteiger partial charge < -0.3 is 8.92 Å². The molecule has 0 aliphatic heterocycles. The third-order valence-electron chi connectivity index (χ3n) is 2.68. The fourth-order valence-corrected chi connectivity index (χ4v) is 2.16. The highest BCUT2D eigenvalue weighted by Gasteiger charge is 2.49. The normalized spacial score (nSPS) is 12.4. The van der Waals surface area contributed by atoms with E-state index in [9.17, 15) is 31.2 Å². The zero-order chi connectivity index (χ0) is 19.6. The van der Waals surface area contributed by atoms with Gasteiger partial charge in [0.15, 0.2) is 12.0 Å². The van der Waals surface area contributed by atoms with Gasteiger partial charge in [-0.3, -0.25) is 10.1 Å². The van der Waals surface area contributed by atoms with E-state index in [-0.39, 0.29) is 17.5 Å². The summed E-state index contributed by atoms with van der Waals surface area (Å²) in [4.78, 5) is 22.7. The first kappa shape index (κ1) is 20.7. The number of carbonyl (C=O) groups is 2. The highest BCUT2D eigenvalue weighted by molar-refractivity contribution is 7.88. The van der Waals surface area contributed by atoms with Gasteiger partial charge >= 0.3 is 21.7 Å². The molecule has 0 spiro atoms. The van der Waals surface area contributed by atoms with Crippen molar-refractivity contribution in [2.45, 2.75) is 38.8 Å². The largest absolute Gasteiger partial charge is 0.534 e. The number of hydrogen-bond donors (Lipinski definition) is 1. The number of ether oxygens (including phenoxy) is 1. The Labute approximate surface area is 142 Å². The zero-order valence-electron chi connectivity index (χ0n) is 13.7. The monoisotopic (exact) mass is 383 g/mol. The second kappa shape index (κ2) is 6.90. The third-order valence-corrected chi connectivity index (χ3v) is 3.63. The number of carbonyl (C=O) groups excluding carboxylic acids is 2. The minimum atomic E-state index is -5.98. The summed E-state index contributed by atoms with van der Waals surface area (Å²) in [6.45, 7) is 5.97. The molecule has 140 valence electrons. The quantitative estimate of drug-likeness (QED) is 0.486. The maximum absolute atomic E-state index is 12.5. The van der Waals surface area contributed by atoms with Crippen molar-refractivity contribution in [1.29, 1.82) is 0 Å². The van der Waals surface area contributed by atoms with Crippen LogP contribution >= 0.6 is 0 Å². The number of alkyl halides is 3. The molecule has 0 unspecified atom stereocenters. The first-order valence-corrected chi connectivity index (χ1v) is 8.18. The van der Waals surface area contributed by atoms with Gasteiger partial charge in [0.25, 0.3) is 0 Å². The lowest BCUT2D eigenvalue weighted by Gasteiger charge is -2.21. The lowest BCUT2D eigenvalue weighted by Crippen LogP contribution is -2.29. The molecule has 0 radical (unpaired) electrons. The van der Waals surface area contributed by atoms with Crippen LogP contribution in [0.5, 0.6) is 5.75 Å². The van der Waals surface area contributed by atoms with Gasteiger partial charge in [-0.2, -0.15) is 21.6 Å². The van der Waals surface area contributed by atoms with Crippen molar-refractivity contribution in [2.24, 2.45) is 0 Å². The van der Waals surface area contributed by atoms with Crippen LogP contribution in [-0.2, 0) is 14.9 Å². The van der Waals surface area contributed by atoms with Crippen LogP contribution in [0.4, 0.5) is 23.7 Å². The molecular formula is C14H16F3NO6S. The molecule has 0 bridgehead atoms. The number of benzene rings is 1. The summed E-state index contributed by atoms with van der Waals surface area (Å²) in [7, 11) is -5.98. The van der Waals surface area contributed by atoms with E-state index < -0.39 is 38.6 Å². The van der Waals surface area contributed by atoms with Crippen molar-refractivity contribution < 1.29 is 40.1 Å². The van der Waals surface area contributed by atoms with Crippen molar-refractivity contribution in [3.05, 3.63) is 23.3 Å². The number of halogens is 3. The van der Waals surface area contributed by atoms with Crippen LogP contribution < -0.4 is 9.50 Å². The second-order valence-electron chi connectivity index (χ2n) is 5.88. The van der Waals surface area contributed by atoms with E-state index in [0.717, 1.165) is 6.07 Å². The van der Waals surface area contributed by atoms with E-state index in [1.807, 2.05) is 0 Å². The Hall–Kier alpha value is -2.30. The number of hydrogen-bond acceptors (Lipinski definition) is 6. The Morgan fingerprint density at radius 2 is 1.76 bits per heavy atom. The Kier molecular flexibility index (Phi) is 5.73. The molecule has 0 atom stereocenters. The van der Waals surface area contributed by atoms with Crippen molar-refractivity contribution in [1.82, 2.24) is 0 Å². The molecule has 1 aromatic carbocycles. The number of aldehydes is 1. The first-order valence-electron chi connectivity index (χ1n) is 6.77. The van der Waals surface area contributed by atoms with Crippen LogP contribution in [0.1, 0.15) is 36.7 Å². The predicted molar refractivity (Wildman–Crippen MR) is 82.0 cm³/mol. The zero-order valence-corrected chi connectivity index (χ0v) is 14.5. The lowest BCUT2D eigenvalue weighted by atomic mass is 10.1. The van der Waals surface area contributed by atoms with Gasteiger partial charge in [-0.1, -0.05) is 0 Å². The number of rotatable bonds is 4. The second-order valence-corrected chi connectivity index (χ2v) is 7.42.